The fourth-order valence-electron chi connectivity index (χ4n) is 1.84. The third-order valence-electron chi connectivity index (χ3n) is 2.60. The Morgan fingerprint density at radius 1 is 1.38 bits per heavy atom. The average molecular weight is 291 g/mol. The van der Waals surface area contributed by atoms with Crippen LogP contribution in [-0.2, 0) is 4.74 Å². The average Bonchev–Trinajstić information content (AvgIpc) is 2.73. The van der Waals surface area contributed by atoms with Gasteiger partial charge in [-0.05, 0) is 33.8 Å². The molecule has 2 rings (SSSR count). The minimum Gasteiger partial charge on any atom is -0.444 e. The van der Waals surface area contributed by atoms with Crippen molar-refractivity contribution in [2.45, 2.75) is 33.3 Å². The van der Waals surface area contributed by atoms with Gasteiger partial charge in [-0.2, -0.15) is 5.10 Å². The quantitative estimate of drug-likeness (QED) is 0.842. The number of aryl methyl sites for hydroxylation is 1. The van der Waals surface area contributed by atoms with Gasteiger partial charge in [-0.25, -0.2) is 14.3 Å². The van der Waals surface area contributed by atoms with Crippen LogP contribution in [0.1, 0.15) is 26.5 Å². The number of anilines is 1. The van der Waals surface area contributed by atoms with Gasteiger partial charge in [0.2, 0.25) is 0 Å². The van der Waals surface area contributed by atoms with Crippen LogP contribution in [0, 0.1) is 6.92 Å². The van der Waals surface area contributed by atoms with Crippen molar-refractivity contribution in [2.75, 3.05) is 18.4 Å². The molecule has 7 heteroatoms. The Kier molecular flexibility index (Phi) is 4.30. The zero-order chi connectivity index (χ0) is 15.5. The third-order valence-corrected chi connectivity index (χ3v) is 2.60. The van der Waals surface area contributed by atoms with Gasteiger partial charge in [-0.15, -0.1) is 0 Å². The number of amides is 1. The molecule has 114 valence electrons. The summed E-state index contributed by atoms with van der Waals surface area (Å²) in [5.41, 5.74) is 1.35. The molecule has 2 aromatic heterocycles. The summed E-state index contributed by atoms with van der Waals surface area (Å²) in [6.45, 7) is 8.42. The van der Waals surface area contributed by atoms with Crippen molar-refractivity contribution < 1.29 is 9.53 Å². The van der Waals surface area contributed by atoms with Crippen molar-refractivity contribution in [1.82, 2.24) is 19.9 Å². The molecule has 0 aliphatic heterocycles. The molecule has 0 radical (unpaired) electrons. The number of alkyl carbamates (subject to hydrolysis) is 1. The van der Waals surface area contributed by atoms with Crippen molar-refractivity contribution in [3.05, 3.63) is 24.2 Å². The fraction of sp³-hybridized carbons (Fsp3) is 0.500. The molecule has 0 aliphatic rings. The van der Waals surface area contributed by atoms with E-state index in [1.54, 1.807) is 16.9 Å². The van der Waals surface area contributed by atoms with E-state index in [0.717, 1.165) is 17.0 Å². The summed E-state index contributed by atoms with van der Waals surface area (Å²) >= 11 is 0. The highest BCUT2D eigenvalue weighted by atomic mass is 16.6. The van der Waals surface area contributed by atoms with Gasteiger partial charge in [0.25, 0.3) is 0 Å². The molecule has 2 N–H and O–H groups in total. The Morgan fingerprint density at radius 3 is 2.86 bits per heavy atom. The standard InChI is InChI=1S/C14H21N5O2/c1-10-9-11-12(16-7-8-19(11)18-10)15-5-6-17-13(20)21-14(2,3)4/h7-9H,5-6H2,1-4H3,(H,15,16)(H,17,20). The number of ether oxygens (including phenoxy) is 1. The fourth-order valence-corrected chi connectivity index (χ4v) is 1.84. The molecule has 0 bridgehead atoms. The van der Waals surface area contributed by atoms with Crippen molar-refractivity contribution in [2.24, 2.45) is 0 Å². The van der Waals surface area contributed by atoms with Crippen LogP contribution < -0.4 is 10.6 Å². The Morgan fingerprint density at radius 2 is 2.14 bits per heavy atom. The molecule has 1 amide bonds. The first kappa shape index (κ1) is 15.1. The van der Waals surface area contributed by atoms with E-state index in [9.17, 15) is 4.79 Å². The number of aromatic nitrogens is 3. The molecule has 0 unspecified atom stereocenters. The number of carbonyl (C=O) groups is 1. The number of hydrogen-bond donors (Lipinski definition) is 2. The molecule has 0 saturated carbocycles. The van der Waals surface area contributed by atoms with Crippen LogP contribution in [0.3, 0.4) is 0 Å². The van der Waals surface area contributed by atoms with Gasteiger partial charge in [0.15, 0.2) is 5.82 Å². The number of nitrogens with zero attached hydrogens (tertiary/aromatic N) is 3. The smallest absolute Gasteiger partial charge is 0.407 e. The minimum absolute atomic E-state index is 0.421. The molecule has 21 heavy (non-hydrogen) atoms. The van der Waals surface area contributed by atoms with Crippen LogP contribution in [0.4, 0.5) is 10.6 Å². The van der Waals surface area contributed by atoms with Gasteiger partial charge in [-0.1, -0.05) is 0 Å². The summed E-state index contributed by atoms with van der Waals surface area (Å²) in [6, 6.07) is 1.95. The van der Waals surface area contributed by atoms with Crippen LogP contribution in [0.5, 0.6) is 0 Å². The van der Waals surface area contributed by atoms with Crippen molar-refractivity contribution in [3.8, 4) is 0 Å². The van der Waals surface area contributed by atoms with E-state index in [0.29, 0.717) is 13.1 Å². The molecule has 0 atom stereocenters. The van der Waals surface area contributed by atoms with E-state index in [1.807, 2.05) is 33.8 Å². The van der Waals surface area contributed by atoms with Crippen molar-refractivity contribution in [1.29, 1.82) is 0 Å². The molecule has 7 nitrogen and oxygen atoms in total. The number of hydrogen-bond acceptors (Lipinski definition) is 5. The lowest BCUT2D eigenvalue weighted by Gasteiger charge is -2.19. The maximum Gasteiger partial charge on any atom is 0.407 e. The summed E-state index contributed by atoms with van der Waals surface area (Å²) in [5, 5.41) is 10.2. The van der Waals surface area contributed by atoms with Gasteiger partial charge in [0, 0.05) is 25.5 Å². The van der Waals surface area contributed by atoms with E-state index < -0.39 is 11.7 Å². The molecule has 2 heterocycles. The number of fused-ring (bicyclic) bond motifs is 1. The highest BCUT2D eigenvalue weighted by Crippen LogP contribution is 2.13. The lowest BCUT2D eigenvalue weighted by molar-refractivity contribution is 0.0530. The Hall–Kier alpha value is -2.31. The highest BCUT2D eigenvalue weighted by molar-refractivity contribution is 5.69. The molecule has 0 spiro atoms. The first-order valence-electron chi connectivity index (χ1n) is 6.87. The summed E-state index contributed by atoms with van der Waals surface area (Å²) in [7, 11) is 0. The van der Waals surface area contributed by atoms with E-state index in [-0.39, 0.29) is 0 Å². The Labute approximate surface area is 123 Å². The van der Waals surface area contributed by atoms with Gasteiger partial charge in [0.05, 0.1) is 5.69 Å². The number of carbonyl (C=O) groups excluding carboxylic acids is 1. The minimum atomic E-state index is -0.486. The summed E-state index contributed by atoms with van der Waals surface area (Å²) in [6.07, 6.45) is 3.06. The Bertz CT molecular complexity index is 630. The second kappa shape index (κ2) is 5.99. The van der Waals surface area contributed by atoms with Crippen LogP contribution in [-0.4, -0.2) is 39.4 Å². The molecular formula is C14H21N5O2. The first-order valence-corrected chi connectivity index (χ1v) is 6.87. The monoisotopic (exact) mass is 291 g/mol. The summed E-state index contributed by atoms with van der Waals surface area (Å²) in [4.78, 5) is 15.8. The van der Waals surface area contributed by atoms with E-state index in [4.69, 9.17) is 4.74 Å². The molecule has 0 fully saturated rings. The maximum absolute atomic E-state index is 11.5. The van der Waals surface area contributed by atoms with Gasteiger partial charge in [-0.3, -0.25) is 0 Å². The normalized spacial score (nSPS) is 11.4. The molecular weight excluding hydrogens is 270 g/mol. The molecule has 2 aromatic rings. The second-order valence-corrected chi connectivity index (χ2v) is 5.75. The Balaban J connectivity index is 1.84. The van der Waals surface area contributed by atoms with E-state index >= 15 is 0 Å². The van der Waals surface area contributed by atoms with Gasteiger partial charge >= 0.3 is 6.09 Å². The largest absolute Gasteiger partial charge is 0.444 e. The van der Waals surface area contributed by atoms with E-state index in [1.165, 1.54) is 0 Å². The van der Waals surface area contributed by atoms with E-state index in [2.05, 4.69) is 20.7 Å². The highest BCUT2D eigenvalue weighted by Gasteiger charge is 2.15. The van der Waals surface area contributed by atoms with Crippen LogP contribution >= 0.6 is 0 Å². The number of rotatable bonds is 4. The predicted octanol–water partition coefficient (Wildman–Crippen LogP) is 1.97. The lowest BCUT2D eigenvalue weighted by atomic mass is 10.2. The maximum atomic E-state index is 11.5. The van der Waals surface area contributed by atoms with Crippen LogP contribution in [0.15, 0.2) is 18.5 Å². The SMILES string of the molecule is Cc1cc2c(NCCNC(=O)OC(C)(C)C)nccn2n1. The molecule has 0 aromatic carbocycles. The van der Waals surface area contributed by atoms with Gasteiger partial charge in [0.1, 0.15) is 11.1 Å². The van der Waals surface area contributed by atoms with Crippen molar-refractivity contribution in [3.63, 3.8) is 0 Å². The van der Waals surface area contributed by atoms with Crippen LogP contribution in [0.2, 0.25) is 0 Å². The zero-order valence-corrected chi connectivity index (χ0v) is 12.8. The second-order valence-electron chi connectivity index (χ2n) is 5.75. The lowest BCUT2D eigenvalue weighted by Crippen LogP contribution is -2.35. The van der Waals surface area contributed by atoms with Crippen molar-refractivity contribution >= 4 is 17.4 Å². The topological polar surface area (TPSA) is 80.5 Å². The molecule has 0 aliphatic carbocycles. The summed E-state index contributed by atoms with van der Waals surface area (Å²) < 4.78 is 6.93. The summed E-state index contributed by atoms with van der Waals surface area (Å²) in [5.74, 6) is 0.740. The molecule has 0 saturated heterocycles. The first-order chi connectivity index (χ1) is 9.85. The van der Waals surface area contributed by atoms with Gasteiger partial charge < -0.3 is 15.4 Å². The third kappa shape index (κ3) is 4.34. The predicted molar refractivity (Wildman–Crippen MR) is 80.5 cm³/mol. The van der Waals surface area contributed by atoms with Crippen LogP contribution in [0.25, 0.3) is 5.52 Å². The number of nitrogens with one attached hydrogen (secondary N) is 2. The zero-order valence-electron chi connectivity index (χ0n) is 12.8.